The molecule has 0 spiro atoms. The van der Waals surface area contributed by atoms with Gasteiger partial charge in [-0.15, -0.1) is 0 Å². The molecule has 1 aliphatic heterocycles. The fraction of sp³-hybridized carbons (Fsp3) is 0.619. The van der Waals surface area contributed by atoms with E-state index in [4.69, 9.17) is 0 Å². The van der Waals surface area contributed by atoms with Gasteiger partial charge >= 0.3 is 0 Å². The van der Waals surface area contributed by atoms with Gasteiger partial charge in [0, 0.05) is 24.7 Å². The monoisotopic (exact) mass is 359 g/mol. The summed E-state index contributed by atoms with van der Waals surface area (Å²) in [6.07, 6.45) is 3.76. The van der Waals surface area contributed by atoms with Gasteiger partial charge in [-0.25, -0.2) is 0 Å². The minimum absolute atomic E-state index is 0.0249. The van der Waals surface area contributed by atoms with Crippen LogP contribution in [0.4, 0.5) is 0 Å². The molecular formula is C21H33N3O2. The molecule has 0 aromatic heterocycles. The Hall–Kier alpha value is -1.88. The van der Waals surface area contributed by atoms with Crippen molar-refractivity contribution in [1.82, 2.24) is 15.5 Å². The standard InChI is InChI=1S/C21H33N3O2/c1-15(2)19(23-20(25)18-11-6-5-9-16(18)3)21(26)22-12-14-24-13-8-7-10-17(24)4/h5-6,9,11,15,17,19H,7-8,10,12-14H2,1-4H3,(H,22,26)(H,23,25). The van der Waals surface area contributed by atoms with Crippen molar-refractivity contribution in [2.24, 2.45) is 5.92 Å². The van der Waals surface area contributed by atoms with Crippen molar-refractivity contribution in [2.45, 2.75) is 59.0 Å². The Bertz CT molecular complexity index is 615. The summed E-state index contributed by atoms with van der Waals surface area (Å²) >= 11 is 0. The Morgan fingerprint density at radius 2 is 1.96 bits per heavy atom. The van der Waals surface area contributed by atoms with Crippen LogP contribution in [0, 0.1) is 12.8 Å². The Morgan fingerprint density at radius 1 is 1.23 bits per heavy atom. The molecule has 0 radical (unpaired) electrons. The van der Waals surface area contributed by atoms with Crippen LogP contribution in [0.15, 0.2) is 24.3 Å². The van der Waals surface area contributed by atoms with Crippen molar-refractivity contribution >= 4 is 11.8 Å². The number of benzene rings is 1. The molecule has 1 aromatic rings. The van der Waals surface area contributed by atoms with E-state index in [0.29, 0.717) is 18.2 Å². The van der Waals surface area contributed by atoms with E-state index in [1.165, 1.54) is 19.3 Å². The maximum atomic E-state index is 12.6. The van der Waals surface area contributed by atoms with Crippen molar-refractivity contribution in [1.29, 1.82) is 0 Å². The fourth-order valence-corrected chi connectivity index (χ4v) is 3.50. The lowest BCUT2D eigenvalue weighted by atomic mass is 10.0. The van der Waals surface area contributed by atoms with Gasteiger partial charge in [0.2, 0.25) is 5.91 Å². The predicted molar refractivity (Wildman–Crippen MR) is 105 cm³/mol. The number of carbonyl (C=O) groups is 2. The first-order chi connectivity index (χ1) is 12.4. The first-order valence-electron chi connectivity index (χ1n) is 9.78. The van der Waals surface area contributed by atoms with Crippen LogP contribution in [0.3, 0.4) is 0 Å². The molecule has 144 valence electrons. The first kappa shape index (κ1) is 20.4. The second-order valence-electron chi connectivity index (χ2n) is 7.68. The predicted octanol–water partition coefficient (Wildman–Crippen LogP) is 2.74. The summed E-state index contributed by atoms with van der Waals surface area (Å²) in [6.45, 7) is 10.6. The topological polar surface area (TPSA) is 61.4 Å². The third kappa shape index (κ3) is 5.56. The summed E-state index contributed by atoms with van der Waals surface area (Å²) in [6, 6.07) is 7.49. The highest BCUT2D eigenvalue weighted by molar-refractivity contribution is 5.98. The SMILES string of the molecule is Cc1ccccc1C(=O)NC(C(=O)NCCN1CCCCC1C)C(C)C. The largest absolute Gasteiger partial charge is 0.353 e. The molecule has 2 unspecified atom stereocenters. The number of nitrogens with one attached hydrogen (secondary N) is 2. The highest BCUT2D eigenvalue weighted by Crippen LogP contribution is 2.15. The van der Waals surface area contributed by atoms with Crippen LogP contribution in [0.1, 0.15) is 56.0 Å². The molecule has 1 aliphatic rings. The lowest BCUT2D eigenvalue weighted by Gasteiger charge is -2.33. The van der Waals surface area contributed by atoms with E-state index < -0.39 is 6.04 Å². The maximum absolute atomic E-state index is 12.6. The zero-order valence-electron chi connectivity index (χ0n) is 16.5. The van der Waals surface area contributed by atoms with Gasteiger partial charge in [-0.2, -0.15) is 0 Å². The minimum Gasteiger partial charge on any atom is -0.353 e. The third-order valence-corrected chi connectivity index (χ3v) is 5.26. The van der Waals surface area contributed by atoms with E-state index in [2.05, 4.69) is 22.5 Å². The van der Waals surface area contributed by atoms with Crippen LogP contribution in [-0.2, 0) is 4.79 Å². The quantitative estimate of drug-likeness (QED) is 0.787. The molecule has 1 saturated heterocycles. The van der Waals surface area contributed by atoms with Crippen molar-refractivity contribution in [3.05, 3.63) is 35.4 Å². The van der Waals surface area contributed by atoms with Crippen LogP contribution in [0.2, 0.25) is 0 Å². The molecule has 5 heteroatoms. The highest BCUT2D eigenvalue weighted by Gasteiger charge is 2.25. The molecule has 2 atom stereocenters. The molecule has 0 saturated carbocycles. The molecule has 2 rings (SSSR count). The van der Waals surface area contributed by atoms with E-state index in [-0.39, 0.29) is 17.7 Å². The number of rotatable bonds is 7. The number of aryl methyl sites for hydroxylation is 1. The summed E-state index contributed by atoms with van der Waals surface area (Å²) < 4.78 is 0. The molecule has 2 N–H and O–H groups in total. The number of carbonyl (C=O) groups excluding carboxylic acids is 2. The van der Waals surface area contributed by atoms with E-state index in [1.54, 1.807) is 6.07 Å². The normalized spacial score (nSPS) is 19.2. The van der Waals surface area contributed by atoms with E-state index in [1.807, 2.05) is 39.0 Å². The number of hydrogen-bond donors (Lipinski definition) is 2. The van der Waals surface area contributed by atoms with Crippen molar-refractivity contribution in [2.75, 3.05) is 19.6 Å². The van der Waals surface area contributed by atoms with Gasteiger partial charge in [0.15, 0.2) is 0 Å². The van der Waals surface area contributed by atoms with Crippen LogP contribution >= 0.6 is 0 Å². The van der Waals surface area contributed by atoms with Gasteiger partial charge in [0.25, 0.3) is 5.91 Å². The average Bonchev–Trinajstić information content (AvgIpc) is 2.61. The molecule has 0 bridgehead atoms. The zero-order valence-corrected chi connectivity index (χ0v) is 16.5. The van der Waals surface area contributed by atoms with Crippen molar-refractivity contribution in [3.63, 3.8) is 0 Å². The maximum Gasteiger partial charge on any atom is 0.252 e. The molecule has 5 nitrogen and oxygen atoms in total. The van der Waals surface area contributed by atoms with Gasteiger partial charge in [-0.1, -0.05) is 38.5 Å². The molecule has 2 amide bonds. The van der Waals surface area contributed by atoms with Crippen LogP contribution in [0.5, 0.6) is 0 Å². The number of piperidine rings is 1. The van der Waals surface area contributed by atoms with Gasteiger partial charge in [0.05, 0.1) is 0 Å². The van der Waals surface area contributed by atoms with Crippen molar-refractivity contribution < 1.29 is 9.59 Å². The van der Waals surface area contributed by atoms with Crippen LogP contribution in [0.25, 0.3) is 0 Å². The van der Waals surface area contributed by atoms with Gasteiger partial charge in [0.1, 0.15) is 6.04 Å². The Morgan fingerprint density at radius 3 is 2.62 bits per heavy atom. The van der Waals surface area contributed by atoms with E-state index >= 15 is 0 Å². The average molecular weight is 360 g/mol. The number of amides is 2. The molecule has 1 heterocycles. The fourth-order valence-electron chi connectivity index (χ4n) is 3.50. The molecule has 1 fully saturated rings. The summed E-state index contributed by atoms with van der Waals surface area (Å²) in [5, 5.41) is 5.91. The highest BCUT2D eigenvalue weighted by atomic mass is 16.2. The zero-order chi connectivity index (χ0) is 19.1. The lowest BCUT2D eigenvalue weighted by molar-refractivity contribution is -0.124. The Balaban J connectivity index is 1.88. The van der Waals surface area contributed by atoms with Gasteiger partial charge in [-0.3, -0.25) is 14.5 Å². The third-order valence-electron chi connectivity index (χ3n) is 5.26. The smallest absolute Gasteiger partial charge is 0.252 e. The van der Waals surface area contributed by atoms with Gasteiger partial charge in [-0.05, 0) is 50.8 Å². The Kier molecular flexibility index (Phi) is 7.64. The molecule has 26 heavy (non-hydrogen) atoms. The van der Waals surface area contributed by atoms with Crippen molar-refractivity contribution in [3.8, 4) is 0 Å². The van der Waals surface area contributed by atoms with Gasteiger partial charge < -0.3 is 10.6 Å². The summed E-state index contributed by atoms with van der Waals surface area (Å²) in [4.78, 5) is 27.6. The first-order valence-corrected chi connectivity index (χ1v) is 9.78. The number of likely N-dealkylation sites (tertiary alicyclic amines) is 1. The second-order valence-corrected chi connectivity index (χ2v) is 7.68. The lowest BCUT2D eigenvalue weighted by Crippen LogP contribution is -2.51. The summed E-state index contributed by atoms with van der Waals surface area (Å²) in [5.74, 6) is -0.273. The summed E-state index contributed by atoms with van der Waals surface area (Å²) in [7, 11) is 0. The summed E-state index contributed by atoms with van der Waals surface area (Å²) in [5.41, 5.74) is 1.53. The van der Waals surface area contributed by atoms with Crippen LogP contribution < -0.4 is 10.6 Å². The van der Waals surface area contributed by atoms with Crippen LogP contribution in [-0.4, -0.2) is 48.4 Å². The van der Waals surface area contributed by atoms with E-state index in [0.717, 1.165) is 18.7 Å². The molecule has 1 aromatic carbocycles. The number of nitrogens with zero attached hydrogens (tertiary/aromatic N) is 1. The Labute approximate surface area is 157 Å². The molecule has 0 aliphatic carbocycles. The second kappa shape index (κ2) is 9.72. The molecular weight excluding hydrogens is 326 g/mol. The van der Waals surface area contributed by atoms with E-state index in [9.17, 15) is 9.59 Å². The number of hydrogen-bond acceptors (Lipinski definition) is 3. The minimum atomic E-state index is -0.527.